The van der Waals surface area contributed by atoms with Gasteiger partial charge in [0, 0.05) is 55.1 Å². The fourth-order valence-corrected chi connectivity index (χ4v) is 5.32. The van der Waals surface area contributed by atoms with Crippen LogP contribution in [0.25, 0.3) is 0 Å². The number of piperazine rings is 1. The highest BCUT2D eigenvalue weighted by Gasteiger charge is 2.30. The second-order valence-electron chi connectivity index (χ2n) is 7.87. The van der Waals surface area contributed by atoms with Gasteiger partial charge in [-0.2, -0.15) is 0 Å². The number of hydrogen-bond donors (Lipinski definition) is 1. The van der Waals surface area contributed by atoms with Gasteiger partial charge < -0.3 is 19.9 Å². The molecular weight excluding hydrogens is 419 g/mol. The van der Waals surface area contributed by atoms with Crippen molar-refractivity contribution < 1.29 is 18.7 Å². The van der Waals surface area contributed by atoms with Gasteiger partial charge in [0.25, 0.3) is 0 Å². The van der Waals surface area contributed by atoms with E-state index in [1.807, 2.05) is 11.8 Å². The van der Waals surface area contributed by atoms with Crippen LogP contribution in [-0.4, -0.2) is 55.0 Å². The second kappa shape index (κ2) is 9.21. The maximum Gasteiger partial charge on any atom is 0.227 e. The van der Waals surface area contributed by atoms with Crippen molar-refractivity contribution in [2.75, 3.05) is 43.5 Å². The minimum absolute atomic E-state index is 0.100. The number of thiazole rings is 1. The number of amides is 2. The van der Waals surface area contributed by atoms with Gasteiger partial charge in [-0.25, -0.2) is 9.37 Å². The molecule has 2 heterocycles. The first-order chi connectivity index (χ1) is 15.0. The minimum atomic E-state index is -0.501. The molecule has 2 amide bonds. The summed E-state index contributed by atoms with van der Waals surface area (Å²) in [6.07, 6.45) is 2.67. The largest absolute Gasteiger partial charge is 0.494 e. The van der Waals surface area contributed by atoms with Crippen LogP contribution in [0, 0.1) is 11.7 Å². The standard InChI is InChI=1S/C22H27FN4O3S/c1-3-20(28)26-8-10-27(11-9-26)22-25-17-6-4-14(12-19(17)31-22)21(29)24-15-5-7-18(30-2)16(23)13-15/h5,7,13-14H,3-4,6,8-12H2,1-2H3,(H,24,29)/t14-/m1/s1. The van der Waals surface area contributed by atoms with Crippen LogP contribution in [0.15, 0.2) is 18.2 Å². The third-order valence-electron chi connectivity index (χ3n) is 5.92. The third kappa shape index (κ3) is 4.66. The Morgan fingerprint density at radius 1 is 1.29 bits per heavy atom. The maximum atomic E-state index is 13.9. The number of benzene rings is 1. The zero-order valence-electron chi connectivity index (χ0n) is 17.8. The topological polar surface area (TPSA) is 74.8 Å². The number of hydrogen-bond acceptors (Lipinski definition) is 6. The van der Waals surface area contributed by atoms with Gasteiger partial charge in [-0.15, -0.1) is 11.3 Å². The van der Waals surface area contributed by atoms with Crippen molar-refractivity contribution in [1.82, 2.24) is 9.88 Å². The Bertz CT molecular complexity index is 972. The molecule has 31 heavy (non-hydrogen) atoms. The SMILES string of the molecule is CCC(=O)N1CCN(c2nc3c(s2)C[C@H](C(=O)Nc2ccc(OC)c(F)c2)CC3)CC1. The number of rotatable bonds is 5. The van der Waals surface area contributed by atoms with Crippen LogP contribution in [0.3, 0.4) is 0 Å². The molecular formula is C22H27FN4O3S. The number of methoxy groups -OCH3 is 1. The Hall–Kier alpha value is -2.68. The first kappa shape index (κ1) is 21.5. The lowest BCUT2D eigenvalue weighted by molar-refractivity contribution is -0.131. The first-order valence-electron chi connectivity index (χ1n) is 10.6. The number of carbonyl (C=O) groups is 2. The summed E-state index contributed by atoms with van der Waals surface area (Å²) in [7, 11) is 1.41. The van der Waals surface area contributed by atoms with Gasteiger partial charge in [-0.1, -0.05) is 6.92 Å². The summed E-state index contributed by atoms with van der Waals surface area (Å²) in [6.45, 7) is 4.90. The number of ether oxygens (including phenoxy) is 1. The molecule has 0 saturated carbocycles. The average molecular weight is 447 g/mol. The van der Waals surface area contributed by atoms with E-state index in [1.165, 1.54) is 19.2 Å². The zero-order chi connectivity index (χ0) is 22.0. The molecule has 2 aromatic rings. The molecule has 0 spiro atoms. The molecule has 9 heteroatoms. The van der Waals surface area contributed by atoms with E-state index in [0.29, 0.717) is 18.5 Å². The number of aromatic nitrogens is 1. The van der Waals surface area contributed by atoms with Crippen LogP contribution in [0.1, 0.15) is 30.3 Å². The van der Waals surface area contributed by atoms with Crippen LogP contribution in [-0.2, 0) is 22.4 Å². The van der Waals surface area contributed by atoms with Crippen LogP contribution >= 0.6 is 11.3 Å². The summed E-state index contributed by atoms with van der Waals surface area (Å²) in [6, 6.07) is 4.42. The molecule has 0 radical (unpaired) electrons. The number of aryl methyl sites for hydroxylation is 1. The number of fused-ring (bicyclic) bond motifs is 1. The van der Waals surface area contributed by atoms with Crippen LogP contribution < -0.4 is 15.0 Å². The van der Waals surface area contributed by atoms with E-state index in [2.05, 4.69) is 10.2 Å². The predicted octanol–water partition coefficient (Wildman–Crippen LogP) is 3.09. The van der Waals surface area contributed by atoms with Crippen molar-refractivity contribution in [1.29, 1.82) is 0 Å². The van der Waals surface area contributed by atoms with E-state index in [1.54, 1.807) is 17.4 Å². The lowest BCUT2D eigenvalue weighted by Gasteiger charge is -2.34. The van der Waals surface area contributed by atoms with E-state index >= 15 is 0 Å². The summed E-state index contributed by atoms with van der Waals surface area (Å²) in [5.74, 6) is -0.415. The molecule has 1 atom stereocenters. The number of halogens is 1. The van der Waals surface area contributed by atoms with Crippen LogP contribution in [0.4, 0.5) is 15.2 Å². The van der Waals surface area contributed by atoms with E-state index in [9.17, 15) is 14.0 Å². The summed E-state index contributed by atoms with van der Waals surface area (Å²) >= 11 is 1.65. The van der Waals surface area contributed by atoms with Gasteiger partial charge in [0.05, 0.1) is 12.8 Å². The molecule has 1 N–H and O–H groups in total. The smallest absolute Gasteiger partial charge is 0.227 e. The molecule has 7 nitrogen and oxygen atoms in total. The molecule has 1 aliphatic carbocycles. The summed E-state index contributed by atoms with van der Waals surface area (Å²) < 4.78 is 18.8. The monoisotopic (exact) mass is 446 g/mol. The molecule has 166 valence electrons. The summed E-state index contributed by atoms with van der Waals surface area (Å²) in [4.78, 5) is 34.7. The van der Waals surface area contributed by atoms with E-state index in [-0.39, 0.29) is 23.5 Å². The first-order valence-corrected chi connectivity index (χ1v) is 11.5. The lowest BCUT2D eigenvalue weighted by Crippen LogP contribution is -2.48. The van der Waals surface area contributed by atoms with E-state index < -0.39 is 5.82 Å². The Morgan fingerprint density at radius 3 is 2.74 bits per heavy atom. The molecule has 0 unspecified atom stereocenters. The van der Waals surface area contributed by atoms with Crippen LogP contribution in [0.2, 0.25) is 0 Å². The molecule has 1 fully saturated rings. The predicted molar refractivity (Wildman–Crippen MR) is 118 cm³/mol. The molecule has 0 bridgehead atoms. The zero-order valence-corrected chi connectivity index (χ0v) is 18.6. The number of nitrogens with zero attached hydrogens (tertiary/aromatic N) is 3. The van der Waals surface area contributed by atoms with Crippen molar-refractivity contribution in [2.24, 2.45) is 5.92 Å². The molecule has 1 aliphatic heterocycles. The quantitative estimate of drug-likeness (QED) is 0.764. The van der Waals surface area contributed by atoms with Crippen molar-refractivity contribution in [2.45, 2.75) is 32.6 Å². The molecule has 4 rings (SSSR count). The highest BCUT2D eigenvalue weighted by atomic mass is 32.1. The molecule has 1 aromatic heterocycles. The van der Waals surface area contributed by atoms with E-state index in [0.717, 1.165) is 54.7 Å². The molecule has 1 aromatic carbocycles. The average Bonchev–Trinajstić information content (AvgIpc) is 3.22. The van der Waals surface area contributed by atoms with Gasteiger partial charge in [-0.3, -0.25) is 9.59 Å². The van der Waals surface area contributed by atoms with Gasteiger partial charge in [0.2, 0.25) is 11.8 Å². The van der Waals surface area contributed by atoms with Crippen molar-refractivity contribution in [3.8, 4) is 5.75 Å². The third-order valence-corrected chi connectivity index (χ3v) is 7.10. The van der Waals surface area contributed by atoms with Crippen molar-refractivity contribution >= 4 is 34.0 Å². The summed E-state index contributed by atoms with van der Waals surface area (Å²) in [5, 5.41) is 3.81. The highest BCUT2D eigenvalue weighted by molar-refractivity contribution is 7.15. The second-order valence-corrected chi connectivity index (χ2v) is 8.93. The fourth-order valence-electron chi connectivity index (χ4n) is 4.08. The highest BCUT2D eigenvalue weighted by Crippen LogP contribution is 2.35. The van der Waals surface area contributed by atoms with Gasteiger partial charge >= 0.3 is 0 Å². The van der Waals surface area contributed by atoms with Gasteiger partial charge in [0.15, 0.2) is 16.7 Å². The van der Waals surface area contributed by atoms with E-state index in [4.69, 9.17) is 9.72 Å². The normalized spacial score (nSPS) is 18.5. The molecule has 1 saturated heterocycles. The Kier molecular flexibility index (Phi) is 6.41. The molecule has 2 aliphatic rings. The Morgan fingerprint density at radius 2 is 2.06 bits per heavy atom. The van der Waals surface area contributed by atoms with Crippen molar-refractivity contribution in [3.05, 3.63) is 34.6 Å². The Balaban J connectivity index is 1.37. The van der Waals surface area contributed by atoms with Gasteiger partial charge in [0.1, 0.15) is 0 Å². The van der Waals surface area contributed by atoms with Gasteiger partial charge in [-0.05, 0) is 31.4 Å². The number of carbonyl (C=O) groups excluding carboxylic acids is 2. The number of anilines is 2. The summed E-state index contributed by atoms with van der Waals surface area (Å²) in [5.41, 5.74) is 1.50. The van der Waals surface area contributed by atoms with Crippen LogP contribution in [0.5, 0.6) is 5.75 Å². The Labute approximate surface area is 185 Å². The van der Waals surface area contributed by atoms with Crippen molar-refractivity contribution in [3.63, 3.8) is 0 Å². The maximum absolute atomic E-state index is 13.9. The fraction of sp³-hybridized carbons (Fsp3) is 0.500. The lowest BCUT2D eigenvalue weighted by atomic mass is 9.90. The number of nitrogens with one attached hydrogen (secondary N) is 1. The minimum Gasteiger partial charge on any atom is -0.494 e.